The predicted molar refractivity (Wildman–Crippen MR) is 89.3 cm³/mol. The molecule has 0 saturated carbocycles. The third-order valence-electron chi connectivity index (χ3n) is 2.65. The van der Waals surface area contributed by atoms with Crippen molar-refractivity contribution in [1.29, 1.82) is 0 Å². The Balaban J connectivity index is 2.07. The second-order valence-corrected chi connectivity index (χ2v) is 6.60. The average Bonchev–Trinajstić information content (AvgIpc) is 2.42. The molecule has 1 N–H and O–H groups in total. The van der Waals surface area contributed by atoms with Crippen LogP contribution in [0.2, 0.25) is 5.02 Å². The zero-order chi connectivity index (χ0) is 13.7. The van der Waals surface area contributed by atoms with E-state index in [1.165, 1.54) is 16.1 Å². The lowest BCUT2D eigenvalue weighted by molar-refractivity contribution is 1.13. The fourth-order valence-electron chi connectivity index (χ4n) is 1.74. The highest BCUT2D eigenvalue weighted by atomic mass is 79.9. The molecule has 1 nitrogen and oxygen atoms in total. The summed E-state index contributed by atoms with van der Waals surface area (Å²) >= 11 is 11.3. The van der Waals surface area contributed by atoms with Crippen LogP contribution < -0.4 is 5.32 Å². The lowest BCUT2D eigenvalue weighted by Gasteiger charge is -2.11. The molecule has 0 aliphatic carbocycles. The molecule has 2 aromatic rings. The van der Waals surface area contributed by atoms with Gasteiger partial charge < -0.3 is 5.32 Å². The third kappa shape index (κ3) is 4.16. The Morgan fingerprint density at radius 2 is 2.00 bits per heavy atom. The first-order valence-electron chi connectivity index (χ1n) is 6.10. The monoisotopic (exact) mass is 355 g/mol. The van der Waals surface area contributed by atoms with Gasteiger partial charge in [-0.1, -0.05) is 36.7 Å². The summed E-state index contributed by atoms with van der Waals surface area (Å²) in [6.45, 7) is 2.93. The van der Waals surface area contributed by atoms with Crippen molar-refractivity contribution in [3.63, 3.8) is 0 Å². The highest BCUT2D eigenvalue weighted by Gasteiger charge is 2.02. The molecular weight excluding hydrogens is 342 g/mol. The van der Waals surface area contributed by atoms with Crippen molar-refractivity contribution in [2.45, 2.75) is 18.4 Å². The highest BCUT2D eigenvalue weighted by Crippen LogP contribution is 2.28. The van der Waals surface area contributed by atoms with Crippen molar-refractivity contribution in [3.05, 3.63) is 57.5 Å². The molecule has 0 amide bonds. The number of hydrogen-bond acceptors (Lipinski definition) is 2. The fraction of sp³-hybridized carbons (Fsp3) is 0.200. The standard InChI is InChI=1S/C15H15BrClNS/c1-2-19-15-6-4-3-5-14(15)18-10-11-7-8-12(16)13(17)9-11/h3-9,18H,2,10H2,1H3. The van der Waals surface area contributed by atoms with E-state index >= 15 is 0 Å². The summed E-state index contributed by atoms with van der Waals surface area (Å²) in [6.07, 6.45) is 0. The van der Waals surface area contributed by atoms with Gasteiger partial charge in [0.2, 0.25) is 0 Å². The largest absolute Gasteiger partial charge is 0.380 e. The van der Waals surface area contributed by atoms with Crippen molar-refractivity contribution in [1.82, 2.24) is 0 Å². The van der Waals surface area contributed by atoms with E-state index < -0.39 is 0 Å². The predicted octanol–water partition coefficient (Wildman–Crippen LogP) is 5.83. The molecule has 0 fully saturated rings. The normalized spacial score (nSPS) is 10.5. The van der Waals surface area contributed by atoms with Gasteiger partial charge in [-0.2, -0.15) is 0 Å². The van der Waals surface area contributed by atoms with E-state index in [1.807, 2.05) is 23.9 Å². The maximum absolute atomic E-state index is 6.10. The molecule has 0 saturated heterocycles. The molecule has 0 aliphatic heterocycles. The second kappa shape index (κ2) is 7.22. The quantitative estimate of drug-likeness (QED) is 0.677. The van der Waals surface area contributed by atoms with Gasteiger partial charge in [0.05, 0.1) is 5.02 Å². The van der Waals surface area contributed by atoms with Gasteiger partial charge in [0.15, 0.2) is 0 Å². The van der Waals surface area contributed by atoms with E-state index in [9.17, 15) is 0 Å². The summed E-state index contributed by atoms with van der Waals surface area (Å²) in [5.41, 5.74) is 2.35. The lowest BCUT2D eigenvalue weighted by Crippen LogP contribution is -2.00. The molecular formula is C15H15BrClNS. The van der Waals surface area contributed by atoms with Crippen LogP contribution in [0.1, 0.15) is 12.5 Å². The second-order valence-electron chi connectivity index (χ2n) is 4.03. The SMILES string of the molecule is CCSc1ccccc1NCc1ccc(Br)c(Cl)c1. The van der Waals surface area contributed by atoms with Crippen LogP contribution in [0, 0.1) is 0 Å². The summed E-state index contributed by atoms with van der Waals surface area (Å²) < 4.78 is 0.930. The van der Waals surface area contributed by atoms with Crippen LogP contribution in [0.25, 0.3) is 0 Å². The molecule has 19 heavy (non-hydrogen) atoms. The summed E-state index contributed by atoms with van der Waals surface area (Å²) in [6, 6.07) is 14.4. The molecule has 0 aliphatic rings. The van der Waals surface area contributed by atoms with E-state index in [4.69, 9.17) is 11.6 Å². The van der Waals surface area contributed by atoms with Gasteiger partial charge in [0, 0.05) is 21.6 Å². The maximum Gasteiger partial charge on any atom is 0.0551 e. The number of nitrogens with one attached hydrogen (secondary N) is 1. The van der Waals surface area contributed by atoms with Crippen LogP contribution in [-0.2, 0) is 6.54 Å². The Morgan fingerprint density at radius 3 is 2.74 bits per heavy atom. The fourth-order valence-corrected chi connectivity index (χ4v) is 2.97. The number of benzene rings is 2. The van der Waals surface area contributed by atoms with Gasteiger partial charge in [-0.05, 0) is 51.5 Å². The van der Waals surface area contributed by atoms with Gasteiger partial charge in [0.1, 0.15) is 0 Å². The van der Waals surface area contributed by atoms with E-state index in [-0.39, 0.29) is 0 Å². The first-order valence-corrected chi connectivity index (χ1v) is 8.26. The van der Waals surface area contributed by atoms with Crippen molar-refractivity contribution in [2.75, 3.05) is 11.1 Å². The molecule has 0 aromatic heterocycles. The van der Waals surface area contributed by atoms with Crippen molar-refractivity contribution in [3.8, 4) is 0 Å². The van der Waals surface area contributed by atoms with Crippen LogP contribution >= 0.6 is 39.3 Å². The van der Waals surface area contributed by atoms with Crippen LogP contribution in [0.3, 0.4) is 0 Å². The van der Waals surface area contributed by atoms with Gasteiger partial charge >= 0.3 is 0 Å². The first-order chi connectivity index (χ1) is 9.20. The molecule has 0 radical (unpaired) electrons. The average molecular weight is 357 g/mol. The van der Waals surface area contributed by atoms with Crippen LogP contribution in [0.4, 0.5) is 5.69 Å². The minimum Gasteiger partial charge on any atom is -0.380 e. The molecule has 0 atom stereocenters. The number of halogens is 2. The highest BCUT2D eigenvalue weighted by molar-refractivity contribution is 9.10. The number of hydrogen-bond donors (Lipinski definition) is 1. The van der Waals surface area contributed by atoms with Crippen molar-refractivity contribution in [2.24, 2.45) is 0 Å². The Morgan fingerprint density at radius 1 is 1.21 bits per heavy atom. The Kier molecular flexibility index (Phi) is 5.61. The smallest absolute Gasteiger partial charge is 0.0551 e. The van der Waals surface area contributed by atoms with Gasteiger partial charge in [-0.25, -0.2) is 0 Å². The summed E-state index contributed by atoms with van der Waals surface area (Å²) in [5.74, 6) is 1.07. The van der Waals surface area contributed by atoms with Crippen LogP contribution in [0.5, 0.6) is 0 Å². The van der Waals surface area contributed by atoms with E-state index in [0.29, 0.717) is 0 Å². The van der Waals surface area contributed by atoms with Crippen molar-refractivity contribution < 1.29 is 0 Å². The number of thioether (sulfide) groups is 1. The molecule has 0 bridgehead atoms. The Bertz CT molecular complexity index is 560. The third-order valence-corrected chi connectivity index (χ3v) is 4.84. The number of rotatable bonds is 5. The van der Waals surface area contributed by atoms with Gasteiger partial charge in [-0.3, -0.25) is 0 Å². The zero-order valence-corrected chi connectivity index (χ0v) is 13.8. The summed E-state index contributed by atoms with van der Waals surface area (Å²) in [7, 11) is 0. The minimum absolute atomic E-state index is 0.746. The molecule has 2 aromatic carbocycles. The van der Waals surface area contributed by atoms with Gasteiger partial charge in [-0.15, -0.1) is 11.8 Å². The molecule has 0 unspecified atom stereocenters. The first kappa shape index (κ1) is 14.8. The lowest BCUT2D eigenvalue weighted by atomic mass is 10.2. The summed E-state index contributed by atoms with van der Waals surface area (Å²) in [5, 5.41) is 4.21. The minimum atomic E-state index is 0.746. The Labute approximate surface area is 131 Å². The van der Waals surface area contributed by atoms with Crippen LogP contribution in [-0.4, -0.2) is 5.75 Å². The van der Waals surface area contributed by atoms with E-state index in [0.717, 1.165) is 21.8 Å². The van der Waals surface area contributed by atoms with Gasteiger partial charge in [0.25, 0.3) is 0 Å². The maximum atomic E-state index is 6.10. The molecule has 100 valence electrons. The van der Waals surface area contributed by atoms with Crippen LogP contribution in [0.15, 0.2) is 51.8 Å². The van der Waals surface area contributed by atoms with E-state index in [1.54, 1.807) is 0 Å². The Hall–Kier alpha value is -0.640. The summed E-state index contributed by atoms with van der Waals surface area (Å²) in [4.78, 5) is 1.29. The molecule has 0 heterocycles. The zero-order valence-electron chi connectivity index (χ0n) is 10.6. The number of para-hydroxylation sites is 1. The molecule has 0 spiro atoms. The topological polar surface area (TPSA) is 12.0 Å². The number of anilines is 1. The molecule has 4 heteroatoms. The molecule has 2 rings (SSSR count). The van der Waals surface area contributed by atoms with Crippen molar-refractivity contribution >= 4 is 45.0 Å². The van der Waals surface area contributed by atoms with E-state index in [2.05, 4.69) is 58.5 Å².